The second kappa shape index (κ2) is 6.24. The maximum atomic E-state index is 11.6. The molecule has 1 amide bonds. The summed E-state index contributed by atoms with van der Waals surface area (Å²) in [6, 6.07) is 2.01. The molecule has 1 aromatic heterocycles. The summed E-state index contributed by atoms with van der Waals surface area (Å²) in [5.74, 6) is 0.281. The van der Waals surface area contributed by atoms with Crippen molar-refractivity contribution in [2.45, 2.75) is 37.8 Å². The van der Waals surface area contributed by atoms with Gasteiger partial charge in [-0.3, -0.25) is 9.48 Å². The maximum absolute atomic E-state index is 11.6. The normalized spacial score (nSPS) is 14.4. The number of primary amides is 1. The molecule has 1 atom stereocenters. The Bertz CT molecular complexity index is 418. The highest BCUT2D eigenvalue weighted by atomic mass is 32.2. The largest absolute Gasteiger partial charge is 0.368 e. The third kappa shape index (κ3) is 3.74. The number of aromatic nitrogens is 2. The smallest absolute Gasteiger partial charge is 0.238 e. The molecule has 1 rings (SSSR count). The van der Waals surface area contributed by atoms with Crippen molar-refractivity contribution in [3.8, 4) is 0 Å². The van der Waals surface area contributed by atoms with Gasteiger partial charge in [0.05, 0.1) is 10.7 Å². The molecule has 1 aromatic rings. The molecule has 0 saturated heterocycles. The molecular formula is C12H22N4OS. The van der Waals surface area contributed by atoms with Crippen LogP contribution >= 0.6 is 11.8 Å². The Balaban J connectivity index is 2.68. The van der Waals surface area contributed by atoms with E-state index in [0.29, 0.717) is 5.75 Å². The number of nitrogens with zero attached hydrogens (tertiary/aromatic N) is 2. The minimum Gasteiger partial charge on any atom is -0.368 e. The van der Waals surface area contributed by atoms with Crippen molar-refractivity contribution < 1.29 is 4.79 Å². The number of thioether (sulfide) groups is 1. The first-order valence-corrected chi connectivity index (χ1v) is 7.06. The van der Waals surface area contributed by atoms with Crippen molar-refractivity contribution in [3.63, 3.8) is 0 Å². The van der Waals surface area contributed by atoms with Gasteiger partial charge in [-0.05, 0) is 32.9 Å². The molecule has 0 aliphatic carbocycles. The van der Waals surface area contributed by atoms with Crippen LogP contribution in [0.25, 0.3) is 0 Å². The van der Waals surface area contributed by atoms with Gasteiger partial charge < -0.3 is 11.1 Å². The summed E-state index contributed by atoms with van der Waals surface area (Å²) in [7, 11) is 1.90. The molecule has 5 nitrogen and oxygen atoms in total. The fourth-order valence-electron chi connectivity index (χ4n) is 1.55. The van der Waals surface area contributed by atoms with E-state index >= 15 is 0 Å². The lowest BCUT2D eigenvalue weighted by Gasteiger charge is -2.26. The second-order valence-electron chi connectivity index (χ2n) is 4.66. The third-order valence-electron chi connectivity index (χ3n) is 2.78. The van der Waals surface area contributed by atoms with E-state index in [1.165, 1.54) is 0 Å². The van der Waals surface area contributed by atoms with Gasteiger partial charge in [0.25, 0.3) is 0 Å². The number of hydrogen-bond donors (Lipinski definition) is 2. The van der Waals surface area contributed by atoms with Crippen LogP contribution in [-0.2, 0) is 11.8 Å². The van der Waals surface area contributed by atoms with Gasteiger partial charge in [0.15, 0.2) is 0 Å². The summed E-state index contributed by atoms with van der Waals surface area (Å²) < 4.78 is 1.82. The first kappa shape index (κ1) is 15.0. The molecule has 0 bridgehead atoms. The van der Waals surface area contributed by atoms with E-state index in [1.807, 2.05) is 31.6 Å². The summed E-state index contributed by atoms with van der Waals surface area (Å²) in [5.41, 5.74) is 5.77. The molecule has 0 aromatic carbocycles. The average Bonchev–Trinajstić information content (AvgIpc) is 2.62. The quantitative estimate of drug-likeness (QED) is 0.727. The van der Waals surface area contributed by atoms with Gasteiger partial charge in [-0.2, -0.15) is 5.10 Å². The molecule has 6 heteroatoms. The summed E-state index contributed by atoms with van der Waals surface area (Å²) in [5, 5.41) is 8.53. The van der Waals surface area contributed by atoms with Crippen LogP contribution < -0.4 is 11.1 Å². The van der Waals surface area contributed by atoms with Crippen LogP contribution in [0.15, 0.2) is 11.1 Å². The van der Waals surface area contributed by atoms with E-state index in [0.717, 1.165) is 23.7 Å². The van der Waals surface area contributed by atoms with Gasteiger partial charge in [-0.25, -0.2) is 0 Å². The Kier molecular flexibility index (Phi) is 5.22. The van der Waals surface area contributed by atoms with Crippen LogP contribution in [0.2, 0.25) is 0 Å². The second-order valence-corrected chi connectivity index (χ2v) is 5.65. The third-order valence-corrected chi connectivity index (χ3v) is 4.18. The fraction of sp³-hybridized carbons (Fsp3) is 0.667. The van der Waals surface area contributed by atoms with Crippen LogP contribution in [0.1, 0.15) is 26.0 Å². The van der Waals surface area contributed by atoms with Crippen LogP contribution in [0.3, 0.4) is 0 Å². The van der Waals surface area contributed by atoms with Crippen molar-refractivity contribution in [3.05, 3.63) is 11.8 Å². The Labute approximate surface area is 112 Å². The van der Waals surface area contributed by atoms with Crippen LogP contribution in [0.5, 0.6) is 0 Å². The minimum absolute atomic E-state index is 0.317. The lowest BCUT2D eigenvalue weighted by Crippen LogP contribution is -2.55. The van der Waals surface area contributed by atoms with Crippen molar-refractivity contribution in [2.24, 2.45) is 12.8 Å². The lowest BCUT2D eigenvalue weighted by molar-refractivity contribution is -0.122. The standard InChI is InChI=1S/C12H22N4OS/c1-5-6-14-12(3,11(13)17)8-18-10-7-9(2)15-16(10)4/h7,14H,5-6,8H2,1-4H3,(H2,13,17). The number of carbonyl (C=O) groups excluding carboxylic acids is 1. The lowest BCUT2D eigenvalue weighted by atomic mass is 10.1. The Morgan fingerprint density at radius 3 is 2.78 bits per heavy atom. The first-order chi connectivity index (χ1) is 8.39. The number of amides is 1. The molecule has 0 aliphatic rings. The van der Waals surface area contributed by atoms with E-state index in [2.05, 4.69) is 17.3 Å². The molecule has 102 valence electrons. The monoisotopic (exact) mass is 270 g/mol. The predicted molar refractivity (Wildman–Crippen MR) is 74.6 cm³/mol. The molecule has 0 radical (unpaired) electrons. The van der Waals surface area contributed by atoms with Crippen molar-refractivity contribution >= 4 is 17.7 Å². The minimum atomic E-state index is -0.682. The summed E-state index contributed by atoms with van der Waals surface area (Å²) >= 11 is 1.59. The van der Waals surface area contributed by atoms with E-state index < -0.39 is 5.54 Å². The summed E-state index contributed by atoms with van der Waals surface area (Å²) in [6.45, 7) is 6.64. The molecule has 0 spiro atoms. The molecule has 0 aliphatic heterocycles. The van der Waals surface area contributed by atoms with E-state index in [9.17, 15) is 4.79 Å². The van der Waals surface area contributed by atoms with E-state index in [4.69, 9.17) is 5.73 Å². The van der Waals surface area contributed by atoms with Gasteiger partial charge in [0.1, 0.15) is 5.54 Å². The Hall–Kier alpha value is -1.01. The van der Waals surface area contributed by atoms with E-state index in [1.54, 1.807) is 11.8 Å². The fourth-order valence-corrected chi connectivity index (χ4v) is 2.71. The Morgan fingerprint density at radius 1 is 1.67 bits per heavy atom. The predicted octanol–water partition coefficient (Wildman–Crippen LogP) is 1.06. The number of aryl methyl sites for hydroxylation is 2. The first-order valence-electron chi connectivity index (χ1n) is 6.07. The number of hydrogen-bond acceptors (Lipinski definition) is 4. The summed E-state index contributed by atoms with van der Waals surface area (Å²) in [4.78, 5) is 11.6. The number of nitrogens with two attached hydrogens (primary N) is 1. The van der Waals surface area contributed by atoms with Gasteiger partial charge in [-0.1, -0.05) is 6.92 Å². The number of nitrogens with one attached hydrogen (secondary N) is 1. The maximum Gasteiger partial charge on any atom is 0.238 e. The van der Waals surface area contributed by atoms with Crippen LogP contribution in [-0.4, -0.2) is 33.5 Å². The highest BCUT2D eigenvalue weighted by Gasteiger charge is 2.30. The summed E-state index contributed by atoms with van der Waals surface area (Å²) in [6.07, 6.45) is 0.971. The van der Waals surface area contributed by atoms with Crippen molar-refractivity contribution in [1.29, 1.82) is 0 Å². The molecule has 18 heavy (non-hydrogen) atoms. The number of rotatable bonds is 7. The van der Waals surface area contributed by atoms with Crippen molar-refractivity contribution in [2.75, 3.05) is 12.3 Å². The molecule has 0 saturated carbocycles. The van der Waals surface area contributed by atoms with Crippen LogP contribution in [0.4, 0.5) is 0 Å². The van der Waals surface area contributed by atoms with Gasteiger partial charge >= 0.3 is 0 Å². The topological polar surface area (TPSA) is 72.9 Å². The zero-order valence-corrected chi connectivity index (χ0v) is 12.3. The zero-order valence-electron chi connectivity index (χ0n) is 11.5. The molecule has 1 unspecified atom stereocenters. The van der Waals surface area contributed by atoms with Gasteiger partial charge in [-0.15, -0.1) is 11.8 Å². The molecule has 1 heterocycles. The SMILES string of the molecule is CCCNC(C)(CSc1cc(C)nn1C)C(N)=O. The van der Waals surface area contributed by atoms with Crippen molar-refractivity contribution in [1.82, 2.24) is 15.1 Å². The van der Waals surface area contributed by atoms with Gasteiger partial charge in [0, 0.05) is 12.8 Å². The number of carbonyl (C=O) groups is 1. The zero-order chi connectivity index (χ0) is 13.8. The highest BCUT2D eigenvalue weighted by Crippen LogP contribution is 2.23. The molecule has 0 fully saturated rings. The van der Waals surface area contributed by atoms with E-state index in [-0.39, 0.29) is 5.91 Å². The highest BCUT2D eigenvalue weighted by molar-refractivity contribution is 7.99. The molecule has 3 N–H and O–H groups in total. The Morgan fingerprint density at radius 2 is 2.33 bits per heavy atom. The van der Waals surface area contributed by atoms with Gasteiger partial charge in [0.2, 0.25) is 5.91 Å². The average molecular weight is 270 g/mol. The molecular weight excluding hydrogens is 248 g/mol. The van der Waals surface area contributed by atoms with Crippen LogP contribution in [0, 0.1) is 6.92 Å².